The van der Waals surface area contributed by atoms with Gasteiger partial charge in [0.1, 0.15) is 11.6 Å². The number of hydrogen-bond donors (Lipinski definition) is 1. The summed E-state index contributed by atoms with van der Waals surface area (Å²) in [5.41, 5.74) is 1.49. The van der Waals surface area contributed by atoms with E-state index < -0.39 is 0 Å². The van der Waals surface area contributed by atoms with Gasteiger partial charge in [-0.1, -0.05) is 11.6 Å². The van der Waals surface area contributed by atoms with Crippen LogP contribution in [0.2, 0.25) is 0 Å². The second-order valence-electron chi connectivity index (χ2n) is 6.17. The van der Waals surface area contributed by atoms with Crippen LogP contribution in [0.1, 0.15) is 31.5 Å². The number of piperazine rings is 1. The zero-order chi connectivity index (χ0) is 16.1. The van der Waals surface area contributed by atoms with E-state index in [0.717, 1.165) is 50.8 Å². The van der Waals surface area contributed by atoms with E-state index in [-0.39, 0.29) is 6.03 Å². The van der Waals surface area contributed by atoms with Gasteiger partial charge >= 0.3 is 6.03 Å². The van der Waals surface area contributed by atoms with Gasteiger partial charge in [-0.05, 0) is 38.7 Å². The summed E-state index contributed by atoms with van der Waals surface area (Å²) in [6.45, 7) is 5.74. The SMILES string of the molecule is Cc1nccc(N2CCN(C(=O)NCCC3=CCCC3)CC2)n1. The Morgan fingerprint density at radius 3 is 2.83 bits per heavy atom. The third kappa shape index (κ3) is 4.21. The zero-order valence-corrected chi connectivity index (χ0v) is 13.8. The summed E-state index contributed by atoms with van der Waals surface area (Å²) in [4.78, 5) is 24.9. The molecule has 0 bridgehead atoms. The molecular formula is C17H25N5O. The summed E-state index contributed by atoms with van der Waals surface area (Å²) in [7, 11) is 0. The molecule has 1 aromatic heterocycles. The van der Waals surface area contributed by atoms with E-state index in [2.05, 4.69) is 26.3 Å². The van der Waals surface area contributed by atoms with Crippen LogP contribution in [0.25, 0.3) is 0 Å². The standard InChI is InChI=1S/C17H25N5O/c1-14-18-9-7-16(20-14)21-10-12-22(13-11-21)17(23)19-8-6-15-4-2-3-5-15/h4,7,9H,2-3,5-6,8,10-13H2,1H3,(H,19,23). The van der Waals surface area contributed by atoms with Gasteiger partial charge in [0.15, 0.2) is 0 Å². The summed E-state index contributed by atoms with van der Waals surface area (Å²) in [5, 5.41) is 3.04. The maximum Gasteiger partial charge on any atom is 0.317 e. The van der Waals surface area contributed by atoms with E-state index >= 15 is 0 Å². The van der Waals surface area contributed by atoms with E-state index in [1.807, 2.05) is 17.9 Å². The highest BCUT2D eigenvalue weighted by atomic mass is 16.2. The lowest BCUT2D eigenvalue weighted by molar-refractivity contribution is 0.194. The molecule has 6 nitrogen and oxygen atoms in total. The van der Waals surface area contributed by atoms with Gasteiger partial charge in [0.05, 0.1) is 0 Å². The lowest BCUT2D eigenvalue weighted by Crippen LogP contribution is -2.52. The molecule has 1 fully saturated rings. The Balaban J connectivity index is 1.42. The van der Waals surface area contributed by atoms with Crippen molar-refractivity contribution in [1.82, 2.24) is 20.2 Å². The first-order chi connectivity index (χ1) is 11.2. The van der Waals surface area contributed by atoms with Gasteiger partial charge in [-0.2, -0.15) is 0 Å². The molecule has 0 unspecified atom stereocenters. The predicted molar refractivity (Wildman–Crippen MR) is 90.5 cm³/mol. The van der Waals surface area contributed by atoms with Crippen molar-refractivity contribution in [3.63, 3.8) is 0 Å². The summed E-state index contributed by atoms with van der Waals surface area (Å²) < 4.78 is 0. The van der Waals surface area contributed by atoms with Crippen molar-refractivity contribution in [2.45, 2.75) is 32.6 Å². The Kier molecular flexibility index (Phi) is 5.10. The molecule has 1 saturated heterocycles. The third-order valence-corrected chi connectivity index (χ3v) is 4.51. The summed E-state index contributed by atoms with van der Waals surface area (Å²) >= 11 is 0. The Morgan fingerprint density at radius 1 is 1.30 bits per heavy atom. The highest BCUT2D eigenvalue weighted by Crippen LogP contribution is 2.19. The molecule has 1 N–H and O–H groups in total. The molecule has 2 heterocycles. The van der Waals surface area contributed by atoms with Gasteiger partial charge in [-0.3, -0.25) is 0 Å². The Bertz CT molecular complexity index is 578. The van der Waals surface area contributed by atoms with Gasteiger partial charge in [-0.25, -0.2) is 14.8 Å². The number of carbonyl (C=O) groups excluding carboxylic acids is 1. The number of allylic oxidation sites excluding steroid dienone is 1. The Labute approximate surface area is 137 Å². The van der Waals surface area contributed by atoms with Gasteiger partial charge in [-0.15, -0.1) is 0 Å². The number of hydrogen-bond acceptors (Lipinski definition) is 4. The molecular weight excluding hydrogens is 290 g/mol. The van der Waals surface area contributed by atoms with Crippen LogP contribution in [0.15, 0.2) is 23.9 Å². The number of rotatable bonds is 4. The number of nitrogens with zero attached hydrogens (tertiary/aromatic N) is 4. The second kappa shape index (κ2) is 7.44. The molecule has 1 aliphatic heterocycles. The van der Waals surface area contributed by atoms with Gasteiger partial charge in [0.2, 0.25) is 0 Å². The minimum absolute atomic E-state index is 0.0575. The van der Waals surface area contributed by atoms with Crippen LogP contribution in [0.3, 0.4) is 0 Å². The van der Waals surface area contributed by atoms with Crippen LogP contribution >= 0.6 is 0 Å². The van der Waals surface area contributed by atoms with Gasteiger partial charge < -0.3 is 15.1 Å². The highest BCUT2D eigenvalue weighted by Gasteiger charge is 2.21. The number of carbonyl (C=O) groups is 1. The molecule has 23 heavy (non-hydrogen) atoms. The van der Waals surface area contributed by atoms with E-state index in [9.17, 15) is 4.79 Å². The second-order valence-corrected chi connectivity index (χ2v) is 6.17. The lowest BCUT2D eigenvalue weighted by Gasteiger charge is -2.35. The van der Waals surface area contributed by atoms with Crippen LogP contribution in [0.5, 0.6) is 0 Å². The normalized spacial score (nSPS) is 18.0. The number of aryl methyl sites for hydroxylation is 1. The molecule has 124 valence electrons. The van der Waals surface area contributed by atoms with Gasteiger partial charge in [0.25, 0.3) is 0 Å². The van der Waals surface area contributed by atoms with E-state index in [1.54, 1.807) is 6.20 Å². The Hall–Kier alpha value is -2.11. The van der Waals surface area contributed by atoms with Crippen LogP contribution in [0.4, 0.5) is 10.6 Å². The molecule has 0 spiro atoms. The van der Waals surface area contributed by atoms with Crippen molar-refractivity contribution in [2.75, 3.05) is 37.6 Å². The average molecular weight is 315 g/mol. The molecule has 1 aromatic rings. The van der Waals surface area contributed by atoms with Crippen molar-refractivity contribution >= 4 is 11.8 Å². The fourth-order valence-electron chi connectivity index (χ4n) is 3.16. The van der Waals surface area contributed by atoms with Gasteiger partial charge in [0, 0.05) is 38.9 Å². The fourth-order valence-corrected chi connectivity index (χ4v) is 3.16. The van der Waals surface area contributed by atoms with Crippen molar-refractivity contribution in [3.05, 3.63) is 29.7 Å². The molecule has 6 heteroatoms. The number of urea groups is 1. The summed E-state index contributed by atoms with van der Waals surface area (Å²) in [6.07, 6.45) is 8.77. The van der Waals surface area contributed by atoms with Crippen molar-refractivity contribution in [2.24, 2.45) is 0 Å². The molecule has 3 rings (SSSR count). The van der Waals surface area contributed by atoms with Crippen molar-refractivity contribution in [3.8, 4) is 0 Å². The lowest BCUT2D eigenvalue weighted by atomic mass is 10.2. The smallest absolute Gasteiger partial charge is 0.317 e. The molecule has 0 aromatic carbocycles. The summed E-state index contributed by atoms with van der Waals surface area (Å²) in [6, 6.07) is 1.99. The molecule has 0 radical (unpaired) electrons. The average Bonchev–Trinajstić information content (AvgIpc) is 3.08. The predicted octanol–water partition coefficient (Wildman–Crippen LogP) is 2.12. The van der Waals surface area contributed by atoms with Crippen LogP contribution < -0.4 is 10.2 Å². The molecule has 2 aliphatic rings. The maximum atomic E-state index is 12.2. The monoisotopic (exact) mass is 315 g/mol. The topological polar surface area (TPSA) is 61.4 Å². The number of amides is 2. The molecule has 1 aliphatic carbocycles. The Morgan fingerprint density at radius 2 is 2.13 bits per heavy atom. The fraction of sp³-hybridized carbons (Fsp3) is 0.588. The first kappa shape index (κ1) is 15.8. The van der Waals surface area contributed by atoms with E-state index in [0.29, 0.717) is 0 Å². The highest BCUT2D eigenvalue weighted by molar-refractivity contribution is 5.74. The summed E-state index contributed by atoms with van der Waals surface area (Å²) in [5.74, 6) is 1.73. The quantitative estimate of drug-likeness (QED) is 0.865. The first-order valence-corrected chi connectivity index (χ1v) is 8.47. The van der Waals surface area contributed by atoms with E-state index in [4.69, 9.17) is 0 Å². The third-order valence-electron chi connectivity index (χ3n) is 4.51. The molecule has 0 atom stereocenters. The minimum atomic E-state index is 0.0575. The van der Waals surface area contributed by atoms with Crippen LogP contribution in [-0.4, -0.2) is 53.6 Å². The van der Waals surface area contributed by atoms with E-state index in [1.165, 1.54) is 24.8 Å². The van der Waals surface area contributed by atoms with Crippen molar-refractivity contribution in [1.29, 1.82) is 0 Å². The van der Waals surface area contributed by atoms with Crippen molar-refractivity contribution < 1.29 is 4.79 Å². The molecule has 0 saturated carbocycles. The largest absolute Gasteiger partial charge is 0.353 e. The number of aromatic nitrogens is 2. The zero-order valence-electron chi connectivity index (χ0n) is 13.8. The number of anilines is 1. The minimum Gasteiger partial charge on any atom is -0.353 e. The van der Waals surface area contributed by atoms with Crippen LogP contribution in [0, 0.1) is 6.92 Å². The number of nitrogens with one attached hydrogen (secondary N) is 1. The molecule has 2 amide bonds. The maximum absolute atomic E-state index is 12.2. The first-order valence-electron chi connectivity index (χ1n) is 8.47. The van der Waals surface area contributed by atoms with Crippen LogP contribution in [-0.2, 0) is 0 Å².